The second-order valence-electron chi connectivity index (χ2n) is 3.24. The average molecular weight is 273 g/mol. The van der Waals surface area contributed by atoms with Crippen LogP contribution in [0.5, 0.6) is 0 Å². The van der Waals surface area contributed by atoms with Crippen molar-refractivity contribution in [1.82, 2.24) is 10.3 Å². The molecule has 0 bridgehead atoms. The van der Waals surface area contributed by atoms with Crippen LogP contribution in [0.4, 0.5) is 0 Å². The molecule has 1 aromatic heterocycles. The fraction of sp³-hybridized carbons (Fsp3) is 0.182. The van der Waals surface area contributed by atoms with Crippen LogP contribution in [0.15, 0.2) is 29.8 Å². The third-order valence-electron chi connectivity index (χ3n) is 2.28. The Labute approximate surface area is 108 Å². The minimum Gasteiger partial charge on any atom is -0.307 e. The summed E-state index contributed by atoms with van der Waals surface area (Å²) in [6.07, 6.45) is 1.78. The van der Waals surface area contributed by atoms with Crippen LogP contribution in [-0.2, 0) is 0 Å². The lowest BCUT2D eigenvalue weighted by Crippen LogP contribution is -2.17. The van der Waals surface area contributed by atoms with Crippen LogP contribution in [0.3, 0.4) is 0 Å². The summed E-state index contributed by atoms with van der Waals surface area (Å²) < 4.78 is 0. The molecule has 0 fully saturated rings. The quantitative estimate of drug-likeness (QED) is 0.921. The zero-order valence-electron chi connectivity index (χ0n) is 8.58. The van der Waals surface area contributed by atoms with E-state index in [2.05, 4.69) is 10.3 Å². The molecule has 2 rings (SSSR count). The molecule has 0 spiro atoms. The van der Waals surface area contributed by atoms with E-state index in [1.807, 2.05) is 24.6 Å². The molecule has 2 nitrogen and oxygen atoms in total. The molecule has 0 amide bonds. The van der Waals surface area contributed by atoms with Crippen molar-refractivity contribution in [2.45, 2.75) is 6.04 Å². The minimum absolute atomic E-state index is 0.00815. The maximum atomic E-state index is 6.19. The first-order chi connectivity index (χ1) is 7.74. The predicted molar refractivity (Wildman–Crippen MR) is 69.5 cm³/mol. The molecule has 0 saturated heterocycles. The highest BCUT2D eigenvalue weighted by Gasteiger charge is 2.18. The second-order valence-corrected chi connectivity index (χ2v) is 4.95. The summed E-state index contributed by atoms with van der Waals surface area (Å²) in [5, 5.41) is 7.26. The molecular weight excluding hydrogens is 263 g/mol. The first kappa shape index (κ1) is 11.9. The lowest BCUT2D eigenvalue weighted by atomic mass is 10.1. The molecule has 0 aliphatic carbocycles. The smallest absolute Gasteiger partial charge is 0.114 e. The maximum absolute atomic E-state index is 6.19. The van der Waals surface area contributed by atoms with Gasteiger partial charge in [-0.05, 0) is 18.7 Å². The Balaban J connectivity index is 2.45. The van der Waals surface area contributed by atoms with Gasteiger partial charge in [0.1, 0.15) is 5.01 Å². The largest absolute Gasteiger partial charge is 0.307 e. The predicted octanol–water partition coefficient (Wildman–Crippen LogP) is 3.76. The molecule has 0 radical (unpaired) electrons. The van der Waals surface area contributed by atoms with E-state index < -0.39 is 0 Å². The van der Waals surface area contributed by atoms with Crippen molar-refractivity contribution in [2.75, 3.05) is 7.05 Å². The lowest BCUT2D eigenvalue weighted by Gasteiger charge is -2.15. The molecule has 0 saturated carbocycles. The number of rotatable bonds is 3. The third-order valence-corrected chi connectivity index (χ3v) is 3.95. The Kier molecular flexibility index (Phi) is 3.82. The molecule has 1 N–H and O–H groups in total. The highest BCUT2D eigenvalue weighted by molar-refractivity contribution is 7.09. The Morgan fingerprint density at radius 2 is 2.19 bits per heavy atom. The Morgan fingerprint density at radius 1 is 1.38 bits per heavy atom. The molecule has 1 unspecified atom stereocenters. The van der Waals surface area contributed by atoms with Gasteiger partial charge in [-0.3, -0.25) is 0 Å². The molecule has 5 heteroatoms. The van der Waals surface area contributed by atoms with Crippen LogP contribution >= 0.6 is 34.5 Å². The Hall–Kier alpha value is -0.610. The van der Waals surface area contributed by atoms with Crippen LogP contribution in [-0.4, -0.2) is 12.0 Å². The molecular formula is C11H10Cl2N2S. The number of nitrogens with one attached hydrogen (secondary N) is 1. The van der Waals surface area contributed by atoms with Crippen LogP contribution in [0.1, 0.15) is 16.6 Å². The van der Waals surface area contributed by atoms with Gasteiger partial charge in [0.15, 0.2) is 0 Å². The van der Waals surface area contributed by atoms with E-state index in [1.165, 1.54) is 0 Å². The Morgan fingerprint density at radius 3 is 2.81 bits per heavy atom. The van der Waals surface area contributed by atoms with Crippen LogP contribution in [0.25, 0.3) is 0 Å². The topological polar surface area (TPSA) is 24.9 Å². The van der Waals surface area contributed by atoms with Crippen molar-refractivity contribution in [1.29, 1.82) is 0 Å². The number of nitrogens with zero attached hydrogens (tertiary/aromatic N) is 1. The number of halogens is 2. The van der Waals surface area contributed by atoms with Crippen LogP contribution in [0.2, 0.25) is 10.0 Å². The number of benzene rings is 1. The molecule has 1 atom stereocenters. The van der Waals surface area contributed by atoms with Gasteiger partial charge < -0.3 is 5.32 Å². The van der Waals surface area contributed by atoms with E-state index in [4.69, 9.17) is 23.2 Å². The first-order valence-electron chi connectivity index (χ1n) is 4.74. The van der Waals surface area contributed by atoms with E-state index in [0.29, 0.717) is 10.0 Å². The van der Waals surface area contributed by atoms with Crippen molar-refractivity contribution in [3.8, 4) is 0 Å². The summed E-state index contributed by atoms with van der Waals surface area (Å²) in [4.78, 5) is 4.29. The summed E-state index contributed by atoms with van der Waals surface area (Å²) in [5.41, 5.74) is 0.951. The van der Waals surface area contributed by atoms with Crippen molar-refractivity contribution in [3.63, 3.8) is 0 Å². The van der Waals surface area contributed by atoms with Gasteiger partial charge in [-0.25, -0.2) is 4.98 Å². The number of thiazole rings is 1. The zero-order chi connectivity index (χ0) is 11.5. The highest BCUT2D eigenvalue weighted by Crippen LogP contribution is 2.33. The van der Waals surface area contributed by atoms with Crippen molar-refractivity contribution >= 4 is 34.5 Å². The maximum Gasteiger partial charge on any atom is 0.114 e. The van der Waals surface area contributed by atoms with Crippen molar-refractivity contribution in [2.24, 2.45) is 0 Å². The van der Waals surface area contributed by atoms with Crippen LogP contribution in [0, 0.1) is 0 Å². The van der Waals surface area contributed by atoms with E-state index >= 15 is 0 Å². The normalized spacial score (nSPS) is 12.7. The van der Waals surface area contributed by atoms with Gasteiger partial charge in [0, 0.05) is 11.6 Å². The third kappa shape index (κ3) is 2.23. The average Bonchev–Trinajstić information content (AvgIpc) is 2.79. The molecule has 1 aromatic carbocycles. The molecule has 16 heavy (non-hydrogen) atoms. The number of hydrogen-bond acceptors (Lipinski definition) is 3. The van der Waals surface area contributed by atoms with Crippen molar-refractivity contribution < 1.29 is 0 Å². The van der Waals surface area contributed by atoms with Gasteiger partial charge in [0.05, 0.1) is 16.1 Å². The summed E-state index contributed by atoms with van der Waals surface area (Å²) in [6, 6.07) is 5.62. The summed E-state index contributed by atoms with van der Waals surface area (Å²) in [6.45, 7) is 0. The van der Waals surface area contributed by atoms with Gasteiger partial charge in [-0.2, -0.15) is 0 Å². The SMILES string of the molecule is CNC(c1nccs1)c1cccc(Cl)c1Cl. The van der Waals surface area contributed by atoms with Crippen molar-refractivity contribution in [3.05, 3.63) is 50.4 Å². The first-order valence-corrected chi connectivity index (χ1v) is 6.38. The second kappa shape index (κ2) is 5.15. The van der Waals surface area contributed by atoms with Gasteiger partial charge in [0.25, 0.3) is 0 Å². The fourth-order valence-corrected chi connectivity index (χ4v) is 2.71. The highest BCUT2D eigenvalue weighted by atomic mass is 35.5. The molecule has 0 aliphatic rings. The van der Waals surface area contributed by atoms with Crippen LogP contribution < -0.4 is 5.32 Å². The fourth-order valence-electron chi connectivity index (χ4n) is 1.53. The van der Waals surface area contributed by atoms with E-state index in [-0.39, 0.29) is 6.04 Å². The number of aromatic nitrogens is 1. The monoisotopic (exact) mass is 272 g/mol. The standard InChI is InChI=1S/C11H10Cl2N2S/c1-14-10(11-15-5-6-16-11)7-3-2-4-8(12)9(7)13/h2-6,10,14H,1H3. The summed E-state index contributed by atoms with van der Waals surface area (Å²) >= 11 is 13.8. The minimum atomic E-state index is -0.00815. The van der Waals surface area contributed by atoms with E-state index in [0.717, 1.165) is 10.6 Å². The van der Waals surface area contributed by atoms with Gasteiger partial charge in [-0.15, -0.1) is 11.3 Å². The zero-order valence-corrected chi connectivity index (χ0v) is 10.9. The Bertz CT molecular complexity index is 471. The van der Waals surface area contributed by atoms with Gasteiger partial charge in [0.2, 0.25) is 0 Å². The van der Waals surface area contributed by atoms with Gasteiger partial charge >= 0.3 is 0 Å². The van der Waals surface area contributed by atoms with E-state index in [1.54, 1.807) is 23.6 Å². The van der Waals surface area contributed by atoms with E-state index in [9.17, 15) is 0 Å². The summed E-state index contributed by atoms with van der Waals surface area (Å²) in [7, 11) is 1.88. The molecule has 84 valence electrons. The molecule has 0 aliphatic heterocycles. The number of hydrogen-bond donors (Lipinski definition) is 1. The summed E-state index contributed by atoms with van der Waals surface area (Å²) in [5.74, 6) is 0. The molecule has 2 aromatic rings. The lowest BCUT2D eigenvalue weighted by molar-refractivity contribution is 0.687. The van der Waals surface area contributed by atoms with Gasteiger partial charge in [-0.1, -0.05) is 35.3 Å². The molecule has 1 heterocycles.